The maximum absolute atomic E-state index is 12.9. The summed E-state index contributed by atoms with van der Waals surface area (Å²) in [7, 11) is 1.67. The Hall–Kier alpha value is -2.63. The fraction of sp³-hybridized carbons (Fsp3) is 0.450. The summed E-state index contributed by atoms with van der Waals surface area (Å²) in [4.78, 5) is 38.1. The summed E-state index contributed by atoms with van der Waals surface area (Å²) in [6, 6.07) is 8.37. The number of benzene rings is 1. The van der Waals surface area contributed by atoms with Gasteiger partial charge in [0.05, 0.1) is 6.04 Å². The normalized spacial score (nSPS) is 26.3. The summed E-state index contributed by atoms with van der Waals surface area (Å²) in [5.74, 6) is -0.763. The molecule has 1 N–H and O–H groups in total. The second-order valence-electron chi connectivity index (χ2n) is 6.51. The van der Waals surface area contributed by atoms with Crippen LogP contribution in [0.4, 0.5) is 0 Å². The Morgan fingerprint density at radius 3 is 2.54 bits per heavy atom. The van der Waals surface area contributed by atoms with Gasteiger partial charge in [-0.15, -0.1) is 0 Å². The molecule has 1 aliphatic heterocycles. The monoisotopic (exact) mass is 358 g/mol. The molecule has 6 nitrogen and oxygen atoms in total. The molecule has 1 aromatic carbocycles. The molecule has 0 saturated heterocycles. The van der Waals surface area contributed by atoms with Crippen LogP contribution in [-0.2, 0) is 19.1 Å². The van der Waals surface area contributed by atoms with E-state index < -0.39 is 12.1 Å². The van der Waals surface area contributed by atoms with Gasteiger partial charge in [0.25, 0.3) is 0 Å². The number of hydrogen-bond acceptors (Lipinski definition) is 4. The van der Waals surface area contributed by atoms with Gasteiger partial charge in [-0.25, -0.2) is 0 Å². The molecule has 0 aromatic heterocycles. The van der Waals surface area contributed by atoms with E-state index >= 15 is 0 Å². The molecule has 0 fully saturated rings. The van der Waals surface area contributed by atoms with E-state index in [1.165, 1.54) is 6.92 Å². The molecule has 0 saturated carbocycles. The quantitative estimate of drug-likeness (QED) is 0.650. The zero-order valence-electron chi connectivity index (χ0n) is 15.5. The maximum atomic E-state index is 12.9. The van der Waals surface area contributed by atoms with Gasteiger partial charge in [0.2, 0.25) is 11.8 Å². The van der Waals surface area contributed by atoms with Gasteiger partial charge in [-0.05, 0) is 25.3 Å². The number of ether oxygens (including phenoxy) is 1. The number of nitrogens with one attached hydrogen (secondary N) is 1. The van der Waals surface area contributed by atoms with Crippen molar-refractivity contribution in [3.63, 3.8) is 0 Å². The van der Waals surface area contributed by atoms with Gasteiger partial charge in [-0.1, -0.05) is 42.5 Å². The SMILES string of the molecule is CC(=O)N[C@@H]1C/C=C/CCC(=O)OC(c2ccccc2)[C@H](C)N(C)C1=O. The molecule has 2 amide bonds. The van der Waals surface area contributed by atoms with Crippen molar-refractivity contribution in [2.75, 3.05) is 7.05 Å². The first-order chi connectivity index (χ1) is 12.4. The molecule has 0 radical (unpaired) electrons. The minimum absolute atomic E-state index is 0.213. The van der Waals surface area contributed by atoms with E-state index in [2.05, 4.69) is 5.32 Å². The number of hydrogen-bond donors (Lipinski definition) is 1. The van der Waals surface area contributed by atoms with E-state index in [-0.39, 0.29) is 30.2 Å². The van der Waals surface area contributed by atoms with Crippen LogP contribution in [0.3, 0.4) is 0 Å². The van der Waals surface area contributed by atoms with Crippen molar-refractivity contribution in [2.24, 2.45) is 0 Å². The summed E-state index contributed by atoms with van der Waals surface area (Å²) >= 11 is 0. The van der Waals surface area contributed by atoms with Crippen LogP contribution in [0.5, 0.6) is 0 Å². The third-order valence-electron chi connectivity index (χ3n) is 4.51. The number of allylic oxidation sites excluding steroid dienone is 1. The van der Waals surface area contributed by atoms with Crippen LogP contribution in [0.25, 0.3) is 0 Å². The molecule has 2 rings (SSSR count). The van der Waals surface area contributed by atoms with Crippen molar-refractivity contribution in [1.82, 2.24) is 10.2 Å². The molecule has 6 heteroatoms. The number of likely N-dealkylation sites (N-methyl/N-ethyl adjacent to an activating group) is 1. The number of amides is 2. The van der Waals surface area contributed by atoms with E-state index in [4.69, 9.17) is 4.74 Å². The topological polar surface area (TPSA) is 75.7 Å². The number of rotatable bonds is 2. The molecule has 0 aliphatic carbocycles. The minimum Gasteiger partial charge on any atom is -0.455 e. The largest absolute Gasteiger partial charge is 0.455 e. The van der Waals surface area contributed by atoms with Gasteiger partial charge in [0, 0.05) is 20.4 Å². The first kappa shape index (κ1) is 19.7. The Morgan fingerprint density at radius 1 is 1.19 bits per heavy atom. The maximum Gasteiger partial charge on any atom is 0.306 e. The Morgan fingerprint density at radius 2 is 1.88 bits per heavy atom. The van der Waals surface area contributed by atoms with Gasteiger partial charge in [-0.2, -0.15) is 0 Å². The summed E-state index contributed by atoms with van der Waals surface area (Å²) < 4.78 is 5.70. The van der Waals surface area contributed by atoms with Crippen LogP contribution in [0.15, 0.2) is 42.5 Å². The zero-order valence-corrected chi connectivity index (χ0v) is 15.5. The lowest BCUT2D eigenvalue weighted by Crippen LogP contribution is -2.50. The van der Waals surface area contributed by atoms with Crippen molar-refractivity contribution < 1.29 is 19.1 Å². The van der Waals surface area contributed by atoms with Crippen LogP contribution in [0.1, 0.15) is 44.8 Å². The molecule has 1 heterocycles. The molecule has 0 bridgehead atoms. The van der Waals surface area contributed by atoms with E-state index in [1.54, 1.807) is 11.9 Å². The van der Waals surface area contributed by atoms with Crippen LogP contribution < -0.4 is 5.32 Å². The number of carbonyl (C=O) groups is 3. The van der Waals surface area contributed by atoms with Gasteiger partial charge < -0.3 is 15.0 Å². The standard InChI is InChI=1S/C20H26N2O4/c1-14-19(16-10-6-4-7-11-16)26-18(24)13-9-5-8-12-17(21-15(2)23)20(25)22(14)3/h4-8,10-11,14,17,19H,9,12-13H2,1-3H3,(H,21,23)/b8-5+/t14-,17+,19?/m0/s1. The first-order valence-corrected chi connectivity index (χ1v) is 8.83. The lowest BCUT2D eigenvalue weighted by molar-refractivity contribution is -0.156. The summed E-state index contributed by atoms with van der Waals surface area (Å²) in [6.07, 6.45) is 4.28. The van der Waals surface area contributed by atoms with Crippen molar-refractivity contribution >= 4 is 17.8 Å². The van der Waals surface area contributed by atoms with Gasteiger partial charge >= 0.3 is 5.97 Å². The summed E-state index contributed by atoms with van der Waals surface area (Å²) in [6.45, 7) is 3.24. The van der Waals surface area contributed by atoms with Gasteiger partial charge in [-0.3, -0.25) is 14.4 Å². The van der Waals surface area contributed by atoms with Gasteiger partial charge in [0.1, 0.15) is 12.1 Å². The van der Waals surface area contributed by atoms with E-state index in [9.17, 15) is 14.4 Å². The van der Waals surface area contributed by atoms with Crippen molar-refractivity contribution in [1.29, 1.82) is 0 Å². The average Bonchev–Trinajstić information content (AvgIpc) is 2.62. The first-order valence-electron chi connectivity index (χ1n) is 8.83. The molecule has 3 atom stereocenters. The fourth-order valence-corrected chi connectivity index (χ4v) is 2.96. The number of esters is 1. The molecule has 0 spiro atoms. The Kier molecular flexibility index (Phi) is 6.95. The smallest absolute Gasteiger partial charge is 0.306 e. The van der Waals surface area contributed by atoms with E-state index in [0.29, 0.717) is 12.8 Å². The Bertz CT molecular complexity index is 672. The predicted molar refractivity (Wildman–Crippen MR) is 98.1 cm³/mol. The predicted octanol–water partition coefficient (Wildman–Crippen LogP) is 2.36. The van der Waals surface area contributed by atoms with Crippen molar-refractivity contribution in [2.45, 2.75) is 51.3 Å². The second-order valence-corrected chi connectivity index (χ2v) is 6.51. The van der Waals surface area contributed by atoms with Crippen molar-refractivity contribution in [3.8, 4) is 0 Å². The second kappa shape index (κ2) is 9.17. The molecule has 140 valence electrons. The van der Waals surface area contributed by atoms with Crippen LogP contribution in [0.2, 0.25) is 0 Å². The van der Waals surface area contributed by atoms with Crippen LogP contribution >= 0.6 is 0 Å². The fourth-order valence-electron chi connectivity index (χ4n) is 2.96. The Balaban J connectivity index is 2.34. The third-order valence-corrected chi connectivity index (χ3v) is 4.51. The highest BCUT2D eigenvalue weighted by Gasteiger charge is 2.32. The number of carbonyl (C=O) groups excluding carboxylic acids is 3. The van der Waals surface area contributed by atoms with E-state index in [1.807, 2.05) is 49.4 Å². The lowest BCUT2D eigenvalue weighted by Gasteiger charge is -2.34. The van der Waals surface area contributed by atoms with Crippen molar-refractivity contribution in [3.05, 3.63) is 48.0 Å². The molecule has 1 unspecified atom stereocenters. The number of cyclic esters (lactones) is 1. The molecular formula is C20H26N2O4. The molecular weight excluding hydrogens is 332 g/mol. The van der Waals surface area contributed by atoms with Crippen LogP contribution in [-0.4, -0.2) is 41.8 Å². The highest BCUT2D eigenvalue weighted by molar-refractivity contribution is 5.87. The van der Waals surface area contributed by atoms with Gasteiger partial charge in [0.15, 0.2) is 0 Å². The Labute approximate surface area is 154 Å². The minimum atomic E-state index is -0.636. The summed E-state index contributed by atoms with van der Waals surface area (Å²) in [5.41, 5.74) is 0.830. The summed E-state index contributed by atoms with van der Waals surface area (Å²) in [5, 5.41) is 2.71. The molecule has 1 aromatic rings. The average molecular weight is 358 g/mol. The lowest BCUT2D eigenvalue weighted by atomic mass is 10.0. The highest BCUT2D eigenvalue weighted by atomic mass is 16.5. The molecule has 1 aliphatic rings. The molecule has 26 heavy (non-hydrogen) atoms. The third kappa shape index (κ3) is 5.18. The van der Waals surface area contributed by atoms with E-state index in [0.717, 1.165) is 5.56 Å². The van der Waals surface area contributed by atoms with Crippen LogP contribution in [0, 0.1) is 0 Å². The number of nitrogens with zero attached hydrogens (tertiary/aromatic N) is 1. The zero-order chi connectivity index (χ0) is 19.1. The highest BCUT2D eigenvalue weighted by Crippen LogP contribution is 2.26.